The van der Waals surface area contributed by atoms with E-state index in [1.54, 1.807) is 9.13 Å². The number of hydrogen-bond acceptors (Lipinski definition) is 0. The van der Waals surface area contributed by atoms with E-state index < -0.39 is 0 Å². The number of para-hydroxylation sites is 2. The summed E-state index contributed by atoms with van der Waals surface area (Å²) in [6.07, 6.45) is 0. The van der Waals surface area contributed by atoms with Gasteiger partial charge in [-0.05, 0) is 41.2 Å². The molecule has 0 saturated carbocycles. The largest absolute Gasteiger partial charge is 0.286 e. The lowest BCUT2D eigenvalue weighted by Crippen LogP contribution is -2.14. The zero-order valence-electron chi connectivity index (χ0n) is 20.6. The SMILES string of the molecule is CC(C)(C)c1c(F)n(-c2cccc(-n3c(F)c(C(C)(C)C)c4ccccc43)c2)c2ccccc12. The van der Waals surface area contributed by atoms with Gasteiger partial charge in [-0.1, -0.05) is 84.0 Å². The van der Waals surface area contributed by atoms with E-state index in [1.165, 1.54) is 0 Å². The zero-order valence-corrected chi connectivity index (χ0v) is 20.6. The summed E-state index contributed by atoms with van der Waals surface area (Å²) in [7, 11) is 0. The van der Waals surface area contributed by atoms with E-state index in [9.17, 15) is 0 Å². The molecule has 0 unspecified atom stereocenters. The topological polar surface area (TPSA) is 9.86 Å². The fourth-order valence-electron chi connectivity index (χ4n) is 5.12. The predicted molar refractivity (Wildman–Crippen MR) is 137 cm³/mol. The maximum atomic E-state index is 16.0. The molecule has 0 amide bonds. The van der Waals surface area contributed by atoms with Gasteiger partial charge in [-0.15, -0.1) is 0 Å². The molecule has 5 aromatic rings. The van der Waals surface area contributed by atoms with Crippen LogP contribution in [0.25, 0.3) is 33.2 Å². The molecule has 0 radical (unpaired) electrons. The number of aromatic nitrogens is 2. The molecule has 4 heteroatoms. The summed E-state index contributed by atoms with van der Waals surface area (Å²) in [4.78, 5) is 0. The van der Waals surface area contributed by atoms with Crippen molar-refractivity contribution in [2.75, 3.05) is 0 Å². The summed E-state index contributed by atoms with van der Waals surface area (Å²) in [6.45, 7) is 12.1. The van der Waals surface area contributed by atoms with Gasteiger partial charge in [-0.3, -0.25) is 9.13 Å². The molecule has 0 N–H and O–H groups in total. The molecule has 0 bridgehead atoms. The number of nitrogens with zero attached hydrogens (tertiary/aromatic N) is 2. The highest BCUT2D eigenvalue weighted by molar-refractivity contribution is 5.88. The van der Waals surface area contributed by atoms with Crippen molar-refractivity contribution in [1.29, 1.82) is 0 Å². The molecule has 0 aliphatic carbocycles. The van der Waals surface area contributed by atoms with E-state index in [0.717, 1.165) is 21.8 Å². The van der Waals surface area contributed by atoms with Crippen molar-refractivity contribution in [1.82, 2.24) is 9.13 Å². The Morgan fingerprint density at radius 3 is 1.29 bits per heavy atom. The molecule has 3 aromatic carbocycles. The van der Waals surface area contributed by atoms with Crippen LogP contribution in [0.3, 0.4) is 0 Å². The van der Waals surface area contributed by atoms with Crippen LogP contribution in [0, 0.1) is 11.9 Å². The van der Waals surface area contributed by atoms with Crippen molar-refractivity contribution >= 4 is 21.8 Å². The first-order valence-electron chi connectivity index (χ1n) is 11.7. The van der Waals surface area contributed by atoms with Crippen molar-refractivity contribution < 1.29 is 8.78 Å². The molecule has 2 aromatic heterocycles. The number of halogens is 2. The molecule has 0 aliphatic heterocycles. The van der Waals surface area contributed by atoms with Gasteiger partial charge in [-0.2, -0.15) is 8.78 Å². The molecular weight excluding hydrogens is 426 g/mol. The van der Waals surface area contributed by atoms with Gasteiger partial charge in [0.05, 0.1) is 22.4 Å². The summed E-state index contributed by atoms with van der Waals surface area (Å²) in [6, 6.07) is 23.0. The summed E-state index contributed by atoms with van der Waals surface area (Å²) in [5, 5.41) is 1.79. The summed E-state index contributed by atoms with van der Waals surface area (Å²) in [5.74, 6) is -0.557. The molecule has 0 saturated heterocycles. The minimum absolute atomic E-state index is 0.279. The van der Waals surface area contributed by atoms with Crippen LogP contribution < -0.4 is 0 Å². The first kappa shape index (κ1) is 22.4. The Balaban J connectivity index is 1.79. The van der Waals surface area contributed by atoms with Gasteiger partial charge in [-0.25, -0.2) is 0 Å². The minimum atomic E-state index is -0.364. The first-order chi connectivity index (χ1) is 16.0. The number of benzene rings is 3. The van der Waals surface area contributed by atoms with E-state index in [2.05, 4.69) is 0 Å². The van der Waals surface area contributed by atoms with Crippen LogP contribution >= 0.6 is 0 Å². The highest BCUT2D eigenvalue weighted by Gasteiger charge is 2.29. The Labute approximate surface area is 199 Å². The van der Waals surface area contributed by atoms with Crippen molar-refractivity contribution in [3.8, 4) is 11.4 Å². The quantitative estimate of drug-likeness (QED) is 0.252. The second-order valence-electron chi connectivity index (χ2n) is 11.1. The Kier molecular flexibility index (Phi) is 4.98. The zero-order chi connectivity index (χ0) is 24.4. The standard InChI is InChI=1S/C30H30F2N2/c1-29(2,3)25-21-14-7-9-16-23(21)33(27(25)31)19-12-11-13-20(18-19)34-24-17-10-8-15-22(24)26(28(34)32)30(4,5)6/h7-18H,1-6H3. The molecule has 34 heavy (non-hydrogen) atoms. The van der Waals surface area contributed by atoms with E-state index in [1.807, 2.05) is 114 Å². The molecule has 2 heterocycles. The van der Waals surface area contributed by atoms with Crippen LogP contribution in [0.5, 0.6) is 0 Å². The third-order valence-electron chi connectivity index (χ3n) is 6.48. The Bertz CT molecular complexity index is 1430. The van der Waals surface area contributed by atoms with Crippen molar-refractivity contribution in [2.24, 2.45) is 0 Å². The molecule has 5 rings (SSSR count). The van der Waals surface area contributed by atoms with E-state index >= 15 is 8.78 Å². The third kappa shape index (κ3) is 3.35. The van der Waals surface area contributed by atoms with Gasteiger partial charge in [0.1, 0.15) is 0 Å². The molecule has 0 fully saturated rings. The lowest BCUT2D eigenvalue weighted by molar-refractivity contribution is 0.496. The normalized spacial score (nSPS) is 12.7. The van der Waals surface area contributed by atoms with Crippen LogP contribution in [0.1, 0.15) is 52.7 Å². The second kappa shape index (κ2) is 7.56. The van der Waals surface area contributed by atoms with E-state index in [0.29, 0.717) is 22.5 Å². The smallest absolute Gasteiger partial charge is 0.203 e. The Morgan fingerprint density at radius 1 is 0.529 bits per heavy atom. The van der Waals surface area contributed by atoms with Crippen LogP contribution in [0.4, 0.5) is 8.78 Å². The molecule has 2 nitrogen and oxygen atoms in total. The first-order valence-corrected chi connectivity index (χ1v) is 11.7. The average Bonchev–Trinajstić information content (AvgIpc) is 3.23. The van der Waals surface area contributed by atoms with Crippen LogP contribution in [-0.2, 0) is 10.8 Å². The fraction of sp³-hybridized carbons (Fsp3) is 0.267. The maximum Gasteiger partial charge on any atom is 0.203 e. The number of fused-ring (bicyclic) bond motifs is 2. The average molecular weight is 457 g/mol. The van der Waals surface area contributed by atoms with Crippen LogP contribution in [-0.4, -0.2) is 9.13 Å². The van der Waals surface area contributed by atoms with E-state index in [4.69, 9.17) is 0 Å². The van der Waals surface area contributed by atoms with Crippen molar-refractivity contribution in [3.05, 3.63) is 95.8 Å². The van der Waals surface area contributed by atoms with Gasteiger partial charge >= 0.3 is 0 Å². The molecule has 0 atom stereocenters. The van der Waals surface area contributed by atoms with Crippen LogP contribution in [0.15, 0.2) is 72.8 Å². The highest BCUT2D eigenvalue weighted by Crippen LogP contribution is 2.39. The molecule has 0 aliphatic rings. The van der Waals surface area contributed by atoms with Gasteiger partial charge < -0.3 is 0 Å². The number of rotatable bonds is 2. The third-order valence-corrected chi connectivity index (χ3v) is 6.48. The summed E-state index contributed by atoms with van der Waals surface area (Å²) < 4.78 is 35.2. The second-order valence-corrected chi connectivity index (χ2v) is 11.1. The Hall–Kier alpha value is -3.40. The van der Waals surface area contributed by atoms with Crippen LogP contribution in [0.2, 0.25) is 0 Å². The van der Waals surface area contributed by atoms with Crippen molar-refractivity contribution in [2.45, 2.75) is 52.4 Å². The van der Waals surface area contributed by atoms with E-state index in [-0.39, 0.29) is 22.7 Å². The lowest BCUT2D eigenvalue weighted by Gasteiger charge is -2.18. The van der Waals surface area contributed by atoms with Gasteiger partial charge in [0, 0.05) is 21.9 Å². The van der Waals surface area contributed by atoms with Gasteiger partial charge in [0.25, 0.3) is 0 Å². The Morgan fingerprint density at radius 2 is 0.912 bits per heavy atom. The molecule has 174 valence electrons. The van der Waals surface area contributed by atoms with Gasteiger partial charge in [0.15, 0.2) is 0 Å². The molecular formula is C30H30F2N2. The molecule has 0 spiro atoms. The number of hydrogen-bond donors (Lipinski definition) is 0. The maximum absolute atomic E-state index is 16.0. The monoisotopic (exact) mass is 456 g/mol. The van der Waals surface area contributed by atoms with Crippen molar-refractivity contribution in [3.63, 3.8) is 0 Å². The predicted octanol–water partition coefficient (Wildman–Crippen LogP) is 8.45. The summed E-state index contributed by atoms with van der Waals surface area (Å²) >= 11 is 0. The fourth-order valence-corrected chi connectivity index (χ4v) is 5.12. The lowest BCUT2D eigenvalue weighted by atomic mass is 9.86. The summed E-state index contributed by atoms with van der Waals surface area (Å²) in [5.41, 5.74) is 3.56. The van der Waals surface area contributed by atoms with Gasteiger partial charge in [0.2, 0.25) is 11.9 Å². The minimum Gasteiger partial charge on any atom is -0.286 e. The highest BCUT2D eigenvalue weighted by atomic mass is 19.1.